The molecule has 1 fully saturated rings. The summed E-state index contributed by atoms with van der Waals surface area (Å²) in [6.07, 6.45) is 2.32. The Morgan fingerprint density at radius 2 is 1.58 bits per heavy atom. The molecule has 1 aliphatic rings. The van der Waals surface area contributed by atoms with E-state index in [-0.39, 0.29) is 6.04 Å². The van der Waals surface area contributed by atoms with E-state index in [1.807, 2.05) is 55.5 Å². The highest BCUT2D eigenvalue weighted by molar-refractivity contribution is 6.43. The van der Waals surface area contributed by atoms with Crippen LogP contribution < -0.4 is 5.32 Å². The van der Waals surface area contributed by atoms with Gasteiger partial charge < -0.3 is 5.32 Å². The standard InChI is InChI=1S/C25H28N4O2/c1-18-23(19(2)29(27-18)21-13-7-4-8-14-21)24(30)25(31)26-17-22(28-15-9-10-16-28)20-11-5-3-6-12-20/h3-8,11-14,22H,9-10,15-17H2,1-2H3,(H,26,31). The first-order valence-electron chi connectivity index (χ1n) is 10.8. The van der Waals surface area contributed by atoms with Crippen molar-refractivity contribution >= 4 is 11.7 Å². The third kappa shape index (κ3) is 4.44. The molecule has 3 aromatic rings. The van der Waals surface area contributed by atoms with Crippen LogP contribution in [0, 0.1) is 13.8 Å². The Morgan fingerprint density at radius 1 is 0.968 bits per heavy atom. The Morgan fingerprint density at radius 3 is 2.23 bits per heavy atom. The van der Waals surface area contributed by atoms with Gasteiger partial charge in [-0.1, -0.05) is 48.5 Å². The number of Topliss-reactive ketones (excluding diaryl/α,β-unsaturated/α-hetero) is 1. The van der Waals surface area contributed by atoms with Crippen molar-refractivity contribution in [2.45, 2.75) is 32.7 Å². The number of hydrogen-bond acceptors (Lipinski definition) is 4. The Kier molecular flexibility index (Phi) is 6.28. The van der Waals surface area contributed by atoms with Crippen molar-refractivity contribution in [3.63, 3.8) is 0 Å². The molecule has 0 bridgehead atoms. The fourth-order valence-electron chi connectivity index (χ4n) is 4.36. The average Bonchev–Trinajstić information content (AvgIpc) is 3.43. The van der Waals surface area contributed by atoms with E-state index in [2.05, 4.69) is 27.4 Å². The van der Waals surface area contributed by atoms with Gasteiger partial charge in [0.05, 0.1) is 28.7 Å². The third-order valence-electron chi connectivity index (χ3n) is 5.95. The number of para-hydroxylation sites is 1. The number of nitrogens with zero attached hydrogens (tertiary/aromatic N) is 3. The third-order valence-corrected chi connectivity index (χ3v) is 5.95. The molecule has 6 heteroatoms. The zero-order valence-electron chi connectivity index (χ0n) is 18.0. The molecule has 160 valence electrons. The number of carbonyl (C=O) groups excluding carboxylic acids is 2. The quantitative estimate of drug-likeness (QED) is 0.472. The number of rotatable bonds is 7. The maximum absolute atomic E-state index is 13.0. The lowest BCUT2D eigenvalue weighted by atomic mass is 10.0. The molecule has 1 unspecified atom stereocenters. The van der Waals surface area contributed by atoms with Crippen LogP contribution in [0.1, 0.15) is 46.2 Å². The Bertz CT molecular complexity index is 1050. The van der Waals surface area contributed by atoms with Crippen molar-refractivity contribution in [3.8, 4) is 5.69 Å². The fourth-order valence-corrected chi connectivity index (χ4v) is 4.36. The molecule has 0 saturated carbocycles. The Labute approximate surface area is 182 Å². The Balaban J connectivity index is 1.51. The smallest absolute Gasteiger partial charge is 0.292 e. The number of ketones is 1. The lowest BCUT2D eigenvalue weighted by molar-refractivity contribution is -0.117. The second kappa shape index (κ2) is 9.27. The highest BCUT2D eigenvalue weighted by Crippen LogP contribution is 2.24. The van der Waals surface area contributed by atoms with E-state index in [4.69, 9.17) is 0 Å². The van der Waals surface area contributed by atoms with Gasteiger partial charge in [0.15, 0.2) is 0 Å². The SMILES string of the molecule is Cc1nn(-c2ccccc2)c(C)c1C(=O)C(=O)NCC(c1ccccc1)N1CCCC1. The maximum Gasteiger partial charge on any atom is 0.292 e. The lowest BCUT2D eigenvalue weighted by Crippen LogP contribution is -2.39. The number of aryl methyl sites for hydroxylation is 1. The van der Waals surface area contributed by atoms with Gasteiger partial charge in [-0.05, 0) is 57.5 Å². The molecule has 1 aromatic heterocycles. The number of benzene rings is 2. The van der Waals surface area contributed by atoms with E-state index < -0.39 is 11.7 Å². The number of aromatic nitrogens is 2. The van der Waals surface area contributed by atoms with Gasteiger partial charge >= 0.3 is 0 Å². The van der Waals surface area contributed by atoms with Gasteiger partial charge in [0.25, 0.3) is 11.7 Å². The molecule has 1 aliphatic heterocycles. The first-order valence-corrected chi connectivity index (χ1v) is 10.8. The van der Waals surface area contributed by atoms with Crippen LogP contribution in [0.15, 0.2) is 60.7 Å². The van der Waals surface area contributed by atoms with E-state index in [9.17, 15) is 9.59 Å². The monoisotopic (exact) mass is 416 g/mol. The van der Waals surface area contributed by atoms with Crippen LogP contribution in [0.4, 0.5) is 0 Å². The summed E-state index contributed by atoms with van der Waals surface area (Å²) in [6, 6.07) is 19.8. The molecule has 1 amide bonds. The van der Waals surface area contributed by atoms with E-state index in [0.29, 0.717) is 23.5 Å². The molecule has 0 radical (unpaired) electrons. The van der Waals surface area contributed by atoms with Crippen molar-refractivity contribution in [1.82, 2.24) is 20.0 Å². The molecule has 1 saturated heterocycles. The molecule has 0 aliphatic carbocycles. The van der Waals surface area contributed by atoms with Crippen molar-refractivity contribution < 1.29 is 9.59 Å². The van der Waals surface area contributed by atoms with Crippen LogP contribution >= 0.6 is 0 Å². The predicted octanol–water partition coefficient (Wildman–Crippen LogP) is 3.63. The van der Waals surface area contributed by atoms with Crippen molar-refractivity contribution in [1.29, 1.82) is 0 Å². The summed E-state index contributed by atoms with van der Waals surface area (Å²) in [5, 5.41) is 7.39. The van der Waals surface area contributed by atoms with E-state index in [1.165, 1.54) is 0 Å². The first kappa shape index (κ1) is 21.0. The molecule has 0 spiro atoms. The predicted molar refractivity (Wildman–Crippen MR) is 120 cm³/mol. The van der Waals surface area contributed by atoms with Gasteiger partial charge in [0.2, 0.25) is 0 Å². The van der Waals surface area contributed by atoms with Gasteiger partial charge in [0.1, 0.15) is 0 Å². The highest BCUT2D eigenvalue weighted by atomic mass is 16.2. The minimum atomic E-state index is -0.584. The molecule has 1 atom stereocenters. The van der Waals surface area contributed by atoms with Crippen LogP contribution in [0.2, 0.25) is 0 Å². The number of carbonyl (C=O) groups is 2. The summed E-state index contributed by atoms with van der Waals surface area (Å²) >= 11 is 0. The minimum absolute atomic E-state index is 0.0645. The van der Waals surface area contributed by atoms with Gasteiger partial charge in [-0.25, -0.2) is 4.68 Å². The summed E-state index contributed by atoms with van der Waals surface area (Å²) < 4.78 is 1.72. The van der Waals surface area contributed by atoms with Crippen LogP contribution in [-0.2, 0) is 4.79 Å². The van der Waals surface area contributed by atoms with Gasteiger partial charge in [0, 0.05) is 6.54 Å². The van der Waals surface area contributed by atoms with E-state index >= 15 is 0 Å². The molecule has 6 nitrogen and oxygen atoms in total. The van der Waals surface area contributed by atoms with Crippen LogP contribution in [0.3, 0.4) is 0 Å². The van der Waals surface area contributed by atoms with E-state index in [1.54, 1.807) is 11.6 Å². The molecular weight excluding hydrogens is 388 g/mol. The molecule has 1 N–H and O–H groups in total. The van der Waals surface area contributed by atoms with E-state index in [0.717, 1.165) is 37.2 Å². The largest absolute Gasteiger partial charge is 0.347 e. The second-order valence-electron chi connectivity index (χ2n) is 8.00. The zero-order chi connectivity index (χ0) is 21.8. The molecule has 4 rings (SSSR count). The summed E-state index contributed by atoms with van der Waals surface area (Å²) in [6.45, 7) is 6.00. The fraction of sp³-hybridized carbons (Fsp3) is 0.320. The topological polar surface area (TPSA) is 67.2 Å². The zero-order valence-corrected chi connectivity index (χ0v) is 18.0. The normalized spacial score (nSPS) is 15.0. The number of likely N-dealkylation sites (tertiary alicyclic amines) is 1. The number of amides is 1. The van der Waals surface area contributed by atoms with Crippen LogP contribution in [0.5, 0.6) is 0 Å². The minimum Gasteiger partial charge on any atom is -0.347 e. The summed E-state index contributed by atoms with van der Waals surface area (Å²) in [7, 11) is 0. The lowest BCUT2D eigenvalue weighted by Gasteiger charge is -2.28. The van der Waals surface area contributed by atoms with Crippen molar-refractivity contribution in [2.24, 2.45) is 0 Å². The summed E-state index contributed by atoms with van der Waals surface area (Å²) in [5.41, 5.74) is 3.62. The molecule has 2 heterocycles. The highest BCUT2D eigenvalue weighted by Gasteiger charge is 2.28. The summed E-state index contributed by atoms with van der Waals surface area (Å²) in [5.74, 6) is -1.12. The van der Waals surface area contributed by atoms with Crippen LogP contribution in [-0.4, -0.2) is 46.0 Å². The molecule has 31 heavy (non-hydrogen) atoms. The number of nitrogens with one attached hydrogen (secondary N) is 1. The molecule has 2 aromatic carbocycles. The molecular formula is C25H28N4O2. The Hall–Kier alpha value is -3.25. The number of hydrogen-bond donors (Lipinski definition) is 1. The van der Waals surface area contributed by atoms with Crippen molar-refractivity contribution in [3.05, 3.63) is 83.2 Å². The second-order valence-corrected chi connectivity index (χ2v) is 8.00. The van der Waals surface area contributed by atoms with Gasteiger partial charge in [-0.2, -0.15) is 5.10 Å². The van der Waals surface area contributed by atoms with Crippen LogP contribution in [0.25, 0.3) is 5.69 Å². The van der Waals surface area contributed by atoms with Gasteiger partial charge in [-0.15, -0.1) is 0 Å². The average molecular weight is 417 g/mol. The van der Waals surface area contributed by atoms with Gasteiger partial charge in [-0.3, -0.25) is 14.5 Å². The first-order chi connectivity index (χ1) is 15.1. The summed E-state index contributed by atoms with van der Waals surface area (Å²) in [4.78, 5) is 28.2. The van der Waals surface area contributed by atoms with Crippen molar-refractivity contribution in [2.75, 3.05) is 19.6 Å². The maximum atomic E-state index is 13.0.